The van der Waals surface area contributed by atoms with Gasteiger partial charge in [0.15, 0.2) is 6.54 Å². The zero-order valence-electron chi connectivity index (χ0n) is 13.0. The summed E-state index contributed by atoms with van der Waals surface area (Å²) in [5.41, 5.74) is 0. The predicted octanol–water partition coefficient (Wildman–Crippen LogP) is 0.495. The van der Waals surface area contributed by atoms with Crippen molar-refractivity contribution in [2.75, 3.05) is 33.8 Å². The molecule has 116 valence electrons. The van der Waals surface area contributed by atoms with E-state index in [0.717, 1.165) is 0 Å². The summed E-state index contributed by atoms with van der Waals surface area (Å²) >= 11 is 0. The summed E-state index contributed by atoms with van der Waals surface area (Å²) in [6.45, 7) is 5.69. The number of hydrogen-bond donors (Lipinski definition) is 1. The number of carbonyl (C=O) groups excluding carboxylic acids is 2. The minimum Gasteiger partial charge on any atom is -0.460 e. The van der Waals surface area contributed by atoms with Gasteiger partial charge < -0.3 is 19.1 Å². The van der Waals surface area contributed by atoms with Gasteiger partial charge in [-0.05, 0) is 13.8 Å². The lowest BCUT2D eigenvalue weighted by molar-refractivity contribution is -0.883. The van der Waals surface area contributed by atoms with E-state index in [2.05, 4.69) is 0 Å². The molecule has 0 bridgehead atoms. The standard InChI is InChI=1S/C14H26NO5/c1-6-7-13(17)11(2)20-14(18)10-15(4,5)8-9-19-12(3)16/h6-7,11,13,17H,8-10H2,1-5H3/q+1. The van der Waals surface area contributed by atoms with Crippen LogP contribution in [0.5, 0.6) is 0 Å². The lowest BCUT2D eigenvalue weighted by Gasteiger charge is -2.29. The Kier molecular flexibility index (Phi) is 8.10. The van der Waals surface area contributed by atoms with Crippen LogP contribution in [0.25, 0.3) is 0 Å². The van der Waals surface area contributed by atoms with E-state index in [0.29, 0.717) is 11.0 Å². The zero-order valence-corrected chi connectivity index (χ0v) is 13.0. The van der Waals surface area contributed by atoms with Crippen molar-refractivity contribution >= 4 is 11.9 Å². The maximum atomic E-state index is 11.8. The Labute approximate surface area is 120 Å². The number of carbonyl (C=O) groups is 2. The fourth-order valence-electron chi connectivity index (χ4n) is 1.53. The highest BCUT2D eigenvalue weighted by Crippen LogP contribution is 2.04. The molecule has 0 heterocycles. The molecular formula is C14H26NO5+. The first kappa shape index (κ1) is 18.6. The van der Waals surface area contributed by atoms with E-state index in [1.165, 1.54) is 6.92 Å². The van der Waals surface area contributed by atoms with Gasteiger partial charge in [-0.3, -0.25) is 4.79 Å². The number of hydrogen-bond acceptors (Lipinski definition) is 5. The summed E-state index contributed by atoms with van der Waals surface area (Å²) in [4.78, 5) is 22.5. The number of likely N-dealkylation sites (N-methyl/N-ethyl adjacent to an activating group) is 1. The van der Waals surface area contributed by atoms with Crippen LogP contribution in [0.3, 0.4) is 0 Å². The number of esters is 2. The van der Waals surface area contributed by atoms with Crippen molar-refractivity contribution in [1.82, 2.24) is 0 Å². The fourth-order valence-corrected chi connectivity index (χ4v) is 1.53. The van der Waals surface area contributed by atoms with Gasteiger partial charge in [0.2, 0.25) is 0 Å². The lowest BCUT2D eigenvalue weighted by Crippen LogP contribution is -2.47. The van der Waals surface area contributed by atoms with Gasteiger partial charge in [-0.25, -0.2) is 4.79 Å². The molecule has 0 saturated heterocycles. The quantitative estimate of drug-likeness (QED) is 0.400. The number of rotatable bonds is 8. The third-order valence-electron chi connectivity index (χ3n) is 2.75. The molecule has 0 radical (unpaired) electrons. The average molecular weight is 288 g/mol. The van der Waals surface area contributed by atoms with Gasteiger partial charge in [-0.1, -0.05) is 12.2 Å². The number of aliphatic hydroxyl groups is 1. The molecule has 6 nitrogen and oxygen atoms in total. The Bertz CT molecular complexity index is 351. The Hall–Kier alpha value is -1.40. The van der Waals surface area contributed by atoms with E-state index in [-0.39, 0.29) is 19.1 Å². The number of quaternary nitrogens is 1. The van der Waals surface area contributed by atoms with E-state index < -0.39 is 18.2 Å². The third-order valence-corrected chi connectivity index (χ3v) is 2.75. The molecule has 2 atom stereocenters. The van der Waals surface area contributed by atoms with Crippen LogP contribution in [-0.2, 0) is 19.1 Å². The van der Waals surface area contributed by atoms with Gasteiger partial charge in [0, 0.05) is 6.92 Å². The van der Waals surface area contributed by atoms with Crippen LogP contribution in [0.2, 0.25) is 0 Å². The van der Waals surface area contributed by atoms with E-state index in [9.17, 15) is 14.7 Å². The maximum Gasteiger partial charge on any atom is 0.362 e. The molecule has 20 heavy (non-hydrogen) atoms. The van der Waals surface area contributed by atoms with Crippen LogP contribution in [-0.4, -0.2) is 67.5 Å². The first-order chi connectivity index (χ1) is 9.18. The molecule has 0 aliphatic rings. The van der Waals surface area contributed by atoms with Gasteiger partial charge in [-0.15, -0.1) is 0 Å². The van der Waals surface area contributed by atoms with Gasteiger partial charge in [-0.2, -0.15) is 0 Å². The second kappa shape index (κ2) is 8.71. The Morgan fingerprint density at radius 3 is 2.45 bits per heavy atom. The molecule has 0 spiro atoms. The van der Waals surface area contributed by atoms with Crippen LogP contribution in [0.1, 0.15) is 20.8 Å². The lowest BCUT2D eigenvalue weighted by atomic mass is 10.2. The van der Waals surface area contributed by atoms with Crippen LogP contribution in [0, 0.1) is 0 Å². The van der Waals surface area contributed by atoms with Crippen LogP contribution in [0.4, 0.5) is 0 Å². The number of ether oxygens (including phenoxy) is 2. The number of nitrogens with zero attached hydrogens (tertiary/aromatic N) is 1. The Morgan fingerprint density at radius 1 is 1.35 bits per heavy atom. The van der Waals surface area contributed by atoms with E-state index >= 15 is 0 Å². The second-order valence-corrected chi connectivity index (χ2v) is 5.37. The second-order valence-electron chi connectivity index (χ2n) is 5.37. The maximum absolute atomic E-state index is 11.8. The molecular weight excluding hydrogens is 262 g/mol. The monoisotopic (exact) mass is 288 g/mol. The average Bonchev–Trinajstić information content (AvgIpc) is 2.27. The Morgan fingerprint density at radius 2 is 1.95 bits per heavy atom. The summed E-state index contributed by atoms with van der Waals surface area (Å²) in [6, 6.07) is 0. The Balaban J connectivity index is 4.19. The first-order valence-electron chi connectivity index (χ1n) is 6.63. The summed E-state index contributed by atoms with van der Waals surface area (Å²) in [6.07, 6.45) is 1.88. The molecule has 0 aromatic rings. The largest absolute Gasteiger partial charge is 0.460 e. The molecule has 1 N–H and O–H groups in total. The van der Waals surface area contributed by atoms with Crippen molar-refractivity contribution in [3.63, 3.8) is 0 Å². The molecule has 0 aliphatic heterocycles. The third kappa shape index (κ3) is 8.66. The predicted molar refractivity (Wildman–Crippen MR) is 74.9 cm³/mol. The van der Waals surface area contributed by atoms with Gasteiger partial charge in [0.25, 0.3) is 0 Å². The van der Waals surface area contributed by atoms with Crippen molar-refractivity contribution in [1.29, 1.82) is 0 Å². The van der Waals surface area contributed by atoms with E-state index in [1.807, 2.05) is 14.1 Å². The normalized spacial score (nSPS) is 14.9. The highest BCUT2D eigenvalue weighted by atomic mass is 16.6. The van der Waals surface area contributed by atoms with Crippen LogP contribution >= 0.6 is 0 Å². The molecule has 0 aromatic heterocycles. The molecule has 0 aromatic carbocycles. The van der Waals surface area contributed by atoms with E-state index in [1.54, 1.807) is 26.0 Å². The molecule has 0 rings (SSSR count). The summed E-state index contributed by atoms with van der Waals surface area (Å²) in [5.74, 6) is -0.732. The summed E-state index contributed by atoms with van der Waals surface area (Å²) < 4.78 is 10.4. The van der Waals surface area contributed by atoms with Crippen LogP contribution < -0.4 is 0 Å². The van der Waals surface area contributed by atoms with Crippen molar-refractivity contribution in [3.8, 4) is 0 Å². The van der Waals surface area contributed by atoms with Gasteiger partial charge in [0.05, 0.1) is 14.1 Å². The minimum absolute atomic E-state index is 0.147. The molecule has 0 fully saturated rings. The minimum atomic E-state index is -0.805. The van der Waals surface area contributed by atoms with Crippen LogP contribution in [0.15, 0.2) is 12.2 Å². The van der Waals surface area contributed by atoms with Crippen molar-refractivity contribution < 1.29 is 28.7 Å². The number of allylic oxidation sites excluding steroid dienone is 1. The molecule has 2 unspecified atom stereocenters. The van der Waals surface area contributed by atoms with E-state index in [4.69, 9.17) is 9.47 Å². The smallest absolute Gasteiger partial charge is 0.362 e. The summed E-state index contributed by atoms with van der Waals surface area (Å²) in [7, 11) is 3.69. The zero-order chi connectivity index (χ0) is 15.8. The van der Waals surface area contributed by atoms with Gasteiger partial charge >= 0.3 is 11.9 Å². The highest BCUT2D eigenvalue weighted by Gasteiger charge is 2.24. The molecule has 0 saturated carbocycles. The molecule has 0 aliphatic carbocycles. The molecule has 6 heteroatoms. The van der Waals surface area contributed by atoms with Gasteiger partial charge in [0.1, 0.15) is 25.4 Å². The fraction of sp³-hybridized carbons (Fsp3) is 0.714. The van der Waals surface area contributed by atoms with Crippen molar-refractivity contribution in [2.45, 2.75) is 33.0 Å². The molecule has 0 amide bonds. The number of aliphatic hydroxyl groups excluding tert-OH is 1. The highest BCUT2D eigenvalue weighted by molar-refractivity contribution is 5.70. The SMILES string of the molecule is CC=CC(O)C(C)OC(=O)C[N+](C)(C)CCOC(C)=O. The van der Waals surface area contributed by atoms with Crippen molar-refractivity contribution in [3.05, 3.63) is 12.2 Å². The van der Waals surface area contributed by atoms with Crippen molar-refractivity contribution in [2.24, 2.45) is 0 Å². The first-order valence-corrected chi connectivity index (χ1v) is 6.63. The summed E-state index contributed by atoms with van der Waals surface area (Å²) in [5, 5.41) is 9.64. The topological polar surface area (TPSA) is 72.8 Å².